The molecule has 0 saturated heterocycles. The molecule has 0 spiro atoms. The van der Waals surface area contributed by atoms with Crippen LogP contribution in [-0.2, 0) is 16.0 Å². The number of methoxy groups -OCH3 is 1. The quantitative estimate of drug-likeness (QED) is 0.860. The Morgan fingerprint density at radius 1 is 1.45 bits per heavy atom. The monoisotopic (exact) mass is 278 g/mol. The molecule has 4 nitrogen and oxygen atoms in total. The molecule has 4 heteroatoms. The predicted octanol–water partition coefficient (Wildman–Crippen LogP) is 2.63. The third-order valence-corrected chi connectivity index (χ3v) is 3.74. The Morgan fingerprint density at radius 3 is 2.90 bits per heavy atom. The van der Waals surface area contributed by atoms with Crippen LogP contribution in [0.5, 0.6) is 5.75 Å². The Morgan fingerprint density at radius 2 is 2.20 bits per heavy atom. The molecule has 110 valence electrons. The molecule has 1 aliphatic carbocycles. The molecule has 0 fully saturated rings. The minimum Gasteiger partial charge on any atom is -0.492 e. The molecular formula is C16H22O4. The van der Waals surface area contributed by atoms with Gasteiger partial charge in [-0.3, -0.25) is 4.79 Å². The number of rotatable bonds is 4. The summed E-state index contributed by atoms with van der Waals surface area (Å²) in [6.07, 6.45) is 2.41. The van der Waals surface area contributed by atoms with E-state index in [4.69, 9.17) is 9.47 Å². The predicted molar refractivity (Wildman–Crippen MR) is 75.6 cm³/mol. The van der Waals surface area contributed by atoms with E-state index in [0.29, 0.717) is 5.75 Å². The topological polar surface area (TPSA) is 55.8 Å². The van der Waals surface area contributed by atoms with Gasteiger partial charge in [-0.25, -0.2) is 0 Å². The number of aliphatic hydroxyl groups is 1. The summed E-state index contributed by atoms with van der Waals surface area (Å²) < 4.78 is 10.4. The molecule has 0 unspecified atom stereocenters. The molecule has 20 heavy (non-hydrogen) atoms. The van der Waals surface area contributed by atoms with E-state index < -0.39 is 11.5 Å². The molecule has 0 bridgehead atoms. The van der Waals surface area contributed by atoms with Gasteiger partial charge in [0, 0.05) is 0 Å². The molecule has 0 radical (unpaired) electrons. The zero-order chi connectivity index (χ0) is 14.8. The van der Waals surface area contributed by atoms with Crippen molar-refractivity contribution in [2.24, 2.45) is 5.41 Å². The minimum atomic E-state index is -0.691. The zero-order valence-corrected chi connectivity index (χ0v) is 12.3. The van der Waals surface area contributed by atoms with Crippen LogP contribution in [0.4, 0.5) is 0 Å². The smallest absolute Gasteiger partial charge is 0.314 e. The fourth-order valence-electron chi connectivity index (χ4n) is 2.44. The highest BCUT2D eigenvalue weighted by Gasteiger charge is 2.30. The Kier molecular flexibility index (Phi) is 4.33. The van der Waals surface area contributed by atoms with Crippen LogP contribution < -0.4 is 4.74 Å². The number of aliphatic hydroxyl groups excluding tert-OH is 1. The van der Waals surface area contributed by atoms with Gasteiger partial charge in [0.1, 0.15) is 12.4 Å². The summed E-state index contributed by atoms with van der Waals surface area (Å²) in [5.74, 6) is 0.386. The van der Waals surface area contributed by atoms with Gasteiger partial charge in [-0.05, 0) is 56.4 Å². The number of hydrogen-bond donors (Lipinski definition) is 1. The molecule has 0 heterocycles. The van der Waals surface area contributed by atoms with Crippen LogP contribution in [0.2, 0.25) is 0 Å². The van der Waals surface area contributed by atoms with Crippen molar-refractivity contribution >= 4 is 5.97 Å². The van der Waals surface area contributed by atoms with Gasteiger partial charge >= 0.3 is 5.97 Å². The number of fused-ring (bicyclic) bond motifs is 1. The molecule has 1 N–H and O–H groups in total. The number of carbonyl (C=O) groups excluding carboxylic acids is 1. The zero-order valence-electron chi connectivity index (χ0n) is 12.3. The Balaban J connectivity index is 2.08. The van der Waals surface area contributed by atoms with Crippen LogP contribution in [0.1, 0.15) is 43.9 Å². The van der Waals surface area contributed by atoms with E-state index in [1.54, 1.807) is 13.8 Å². The van der Waals surface area contributed by atoms with Gasteiger partial charge in [0.05, 0.1) is 18.6 Å². The van der Waals surface area contributed by atoms with Crippen LogP contribution in [-0.4, -0.2) is 24.8 Å². The molecule has 2 rings (SSSR count). The van der Waals surface area contributed by atoms with Crippen molar-refractivity contribution in [2.75, 3.05) is 13.7 Å². The molecule has 0 aliphatic heterocycles. The molecule has 1 atom stereocenters. The molecular weight excluding hydrogens is 256 g/mol. The van der Waals surface area contributed by atoms with E-state index in [2.05, 4.69) is 0 Å². The Bertz CT molecular complexity index is 493. The highest BCUT2D eigenvalue weighted by molar-refractivity contribution is 5.75. The van der Waals surface area contributed by atoms with Gasteiger partial charge in [0.25, 0.3) is 0 Å². The van der Waals surface area contributed by atoms with Crippen molar-refractivity contribution < 1.29 is 19.4 Å². The summed E-state index contributed by atoms with van der Waals surface area (Å²) in [6, 6.07) is 5.77. The summed E-state index contributed by atoms with van der Waals surface area (Å²) in [7, 11) is 1.37. The lowest BCUT2D eigenvalue weighted by Gasteiger charge is -2.24. The van der Waals surface area contributed by atoms with Crippen molar-refractivity contribution in [3.05, 3.63) is 29.3 Å². The van der Waals surface area contributed by atoms with Crippen LogP contribution in [0, 0.1) is 5.41 Å². The Labute approximate surface area is 119 Å². The molecule has 1 aromatic rings. The fraction of sp³-hybridized carbons (Fsp3) is 0.562. The van der Waals surface area contributed by atoms with Gasteiger partial charge < -0.3 is 14.6 Å². The fourth-order valence-corrected chi connectivity index (χ4v) is 2.44. The second-order valence-electron chi connectivity index (χ2n) is 5.93. The van der Waals surface area contributed by atoms with Gasteiger partial charge in [0.2, 0.25) is 0 Å². The van der Waals surface area contributed by atoms with E-state index in [9.17, 15) is 9.90 Å². The van der Waals surface area contributed by atoms with Crippen molar-refractivity contribution in [3.8, 4) is 5.75 Å². The largest absolute Gasteiger partial charge is 0.492 e. The summed E-state index contributed by atoms with van der Waals surface area (Å²) in [4.78, 5) is 11.6. The number of carbonyl (C=O) groups is 1. The van der Waals surface area contributed by atoms with Gasteiger partial charge in [-0.1, -0.05) is 6.07 Å². The average Bonchev–Trinajstić information content (AvgIpc) is 2.45. The maximum absolute atomic E-state index is 11.6. The second-order valence-corrected chi connectivity index (χ2v) is 5.93. The SMILES string of the molecule is COC(=O)C(C)(C)COc1ccc2c(c1)[C@@H](O)CCC2. The highest BCUT2D eigenvalue weighted by atomic mass is 16.5. The lowest BCUT2D eigenvalue weighted by Crippen LogP contribution is -2.32. The molecule has 0 amide bonds. The average molecular weight is 278 g/mol. The van der Waals surface area contributed by atoms with E-state index in [1.807, 2.05) is 18.2 Å². The Hall–Kier alpha value is -1.55. The molecule has 1 aromatic carbocycles. The summed E-state index contributed by atoms with van der Waals surface area (Å²) in [6.45, 7) is 3.81. The van der Waals surface area contributed by atoms with Gasteiger partial charge in [-0.15, -0.1) is 0 Å². The molecule has 0 saturated carbocycles. The van der Waals surface area contributed by atoms with E-state index >= 15 is 0 Å². The maximum Gasteiger partial charge on any atom is 0.314 e. The van der Waals surface area contributed by atoms with Crippen molar-refractivity contribution in [1.82, 2.24) is 0 Å². The molecule has 0 aromatic heterocycles. The van der Waals surface area contributed by atoms with Crippen molar-refractivity contribution in [2.45, 2.75) is 39.2 Å². The second kappa shape index (κ2) is 5.83. The summed E-state index contributed by atoms with van der Waals surface area (Å²) >= 11 is 0. The summed E-state index contributed by atoms with van der Waals surface area (Å²) in [5.41, 5.74) is 1.44. The first kappa shape index (κ1) is 14.9. The first-order valence-electron chi connectivity index (χ1n) is 6.96. The number of benzene rings is 1. The number of aryl methyl sites for hydroxylation is 1. The van der Waals surface area contributed by atoms with Crippen molar-refractivity contribution in [3.63, 3.8) is 0 Å². The number of hydrogen-bond acceptors (Lipinski definition) is 4. The van der Waals surface area contributed by atoms with Crippen LogP contribution >= 0.6 is 0 Å². The van der Waals surface area contributed by atoms with Crippen molar-refractivity contribution in [1.29, 1.82) is 0 Å². The van der Waals surface area contributed by atoms with E-state index in [1.165, 1.54) is 12.7 Å². The van der Waals surface area contributed by atoms with Crippen LogP contribution in [0.15, 0.2) is 18.2 Å². The summed E-state index contributed by atoms with van der Waals surface area (Å²) in [5, 5.41) is 10.0. The minimum absolute atomic E-state index is 0.245. The normalized spacial score (nSPS) is 18.3. The number of ether oxygens (including phenoxy) is 2. The standard InChI is InChI=1S/C16H22O4/c1-16(2,15(18)19-3)10-20-12-8-7-11-5-4-6-14(17)13(11)9-12/h7-9,14,17H,4-6,10H2,1-3H3/t14-/m0/s1. The lowest BCUT2D eigenvalue weighted by molar-refractivity contribution is -0.152. The maximum atomic E-state index is 11.6. The van der Waals surface area contributed by atoms with E-state index in [-0.39, 0.29) is 12.6 Å². The third kappa shape index (κ3) is 3.12. The lowest BCUT2D eigenvalue weighted by atomic mass is 9.89. The van der Waals surface area contributed by atoms with Crippen LogP contribution in [0.3, 0.4) is 0 Å². The molecule has 1 aliphatic rings. The number of esters is 1. The third-order valence-electron chi connectivity index (χ3n) is 3.74. The van der Waals surface area contributed by atoms with Gasteiger partial charge in [-0.2, -0.15) is 0 Å². The first-order valence-corrected chi connectivity index (χ1v) is 6.96. The van der Waals surface area contributed by atoms with Crippen LogP contribution in [0.25, 0.3) is 0 Å². The highest BCUT2D eigenvalue weighted by Crippen LogP contribution is 2.32. The first-order chi connectivity index (χ1) is 9.44. The van der Waals surface area contributed by atoms with E-state index in [0.717, 1.165) is 24.8 Å². The van der Waals surface area contributed by atoms with Gasteiger partial charge in [0.15, 0.2) is 0 Å².